The lowest BCUT2D eigenvalue weighted by atomic mass is 10.0. The Labute approximate surface area is 183 Å². The van der Waals surface area contributed by atoms with E-state index >= 15 is 0 Å². The summed E-state index contributed by atoms with van der Waals surface area (Å²) in [5, 5.41) is 4.25. The van der Waals surface area contributed by atoms with Crippen molar-refractivity contribution >= 4 is 0 Å². The Morgan fingerprint density at radius 1 is 1.10 bits per heavy atom. The first-order valence-corrected chi connectivity index (χ1v) is 11.0. The zero-order valence-electron chi connectivity index (χ0n) is 18.5. The van der Waals surface area contributed by atoms with Crippen molar-refractivity contribution < 1.29 is 14.0 Å². The molecule has 1 aromatic carbocycles. The van der Waals surface area contributed by atoms with Crippen LogP contribution in [0.1, 0.15) is 55.3 Å². The van der Waals surface area contributed by atoms with Gasteiger partial charge >= 0.3 is 0 Å². The standard InChI is InChI=1S/C24H30N4O3/c1-4-16-12-18(11-15(2)22(16)30-10-9-25)23-27-24(31-28-23)19-13-20(17-7-5-6-8-17)26-21(14-19)29-3/h11-14,17H,4-10,25H2,1-3H3. The Balaban J connectivity index is 1.67. The van der Waals surface area contributed by atoms with Crippen molar-refractivity contribution in [2.75, 3.05) is 20.3 Å². The van der Waals surface area contributed by atoms with Crippen molar-refractivity contribution in [2.24, 2.45) is 5.73 Å². The first-order chi connectivity index (χ1) is 15.1. The molecule has 0 unspecified atom stereocenters. The quantitative estimate of drug-likeness (QED) is 0.563. The van der Waals surface area contributed by atoms with Crippen molar-refractivity contribution in [1.29, 1.82) is 0 Å². The first kappa shape index (κ1) is 21.3. The fourth-order valence-corrected chi connectivity index (χ4v) is 4.25. The van der Waals surface area contributed by atoms with Crippen molar-refractivity contribution in [1.82, 2.24) is 15.1 Å². The summed E-state index contributed by atoms with van der Waals surface area (Å²) in [6.07, 6.45) is 5.64. The van der Waals surface area contributed by atoms with Crippen molar-refractivity contribution in [3.63, 3.8) is 0 Å². The van der Waals surface area contributed by atoms with Gasteiger partial charge in [-0.15, -0.1) is 0 Å². The van der Waals surface area contributed by atoms with Crippen molar-refractivity contribution in [2.45, 2.75) is 51.9 Å². The lowest BCUT2D eigenvalue weighted by Crippen LogP contribution is -2.12. The number of benzene rings is 1. The molecule has 2 heterocycles. The van der Waals surface area contributed by atoms with Crippen LogP contribution < -0.4 is 15.2 Å². The van der Waals surface area contributed by atoms with Crippen LogP contribution in [0, 0.1) is 6.92 Å². The summed E-state index contributed by atoms with van der Waals surface area (Å²) in [5.41, 5.74) is 10.5. The largest absolute Gasteiger partial charge is 0.492 e. The molecule has 1 fully saturated rings. The third-order valence-corrected chi connectivity index (χ3v) is 5.83. The number of ether oxygens (including phenoxy) is 2. The van der Waals surface area contributed by atoms with E-state index in [2.05, 4.69) is 34.2 Å². The highest BCUT2D eigenvalue weighted by molar-refractivity contribution is 5.64. The van der Waals surface area contributed by atoms with Gasteiger partial charge in [0.2, 0.25) is 11.7 Å². The van der Waals surface area contributed by atoms with Gasteiger partial charge in [-0.25, -0.2) is 4.98 Å². The second-order valence-corrected chi connectivity index (χ2v) is 8.00. The maximum Gasteiger partial charge on any atom is 0.258 e. The number of aromatic nitrogens is 3. The Kier molecular flexibility index (Phi) is 6.51. The van der Waals surface area contributed by atoms with Gasteiger partial charge in [0, 0.05) is 35.3 Å². The van der Waals surface area contributed by atoms with Crippen LogP contribution in [0.3, 0.4) is 0 Å². The number of hydrogen-bond acceptors (Lipinski definition) is 7. The molecule has 2 N–H and O–H groups in total. The summed E-state index contributed by atoms with van der Waals surface area (Å²) >= 11 is 0. The Bertz CT molecular complexity index is 1040. The van der Waals surface area contributed by atoms with Crippen LogP contribution in [-0.4, -0.2) is 35.4 Å². The summed E-state index contributed by atoms with van der Waals surface area (Å²) in [6, 6.07) is 7.99. The number of hydrogen-bond donors (Lipinski definition) is 1. The van der Waals surface area contributed by atoms with Crippen LogP contribution in [0.2, 0.25) is 0 Å². The molecular formula is C24H30N4O3. The number of nitrogens with two attached hydrogens (primary N) is 1. The monoisotopic (exact) mass is 422 g/mol. The molecule has 31 heavy (non-hydrogen) atoms. The molecule has 0 radical (unpaired) electrons. The number of pyridine rings is 1. The highest BCUT2D eigenvalue weighted by Gasteiger charge is 2.22. The molecule has 2 aromatic heterocycles. The van der Waals surface area contributed by atoms with Gasteiger partial charge in [-0.05, 0) is 55.5 Å². The normalized spacial score (nSPS) is 14.2. The maximum absolute atomic E-state index is 5.85. The van der Waals surface area contributed by atoms with E-state index in [1.54, 1.807) is 7.11 Å². The summed E-state index contributed by atoms with van der Waals surface area (Å²) in [4.78, 5) is 9.34. The fourth-order valence-electron chi connectivity index (χ4n) is 4.25. The zero-order chi connectivity index (χ0) is 21.8. The fraction of sp³-hybridized carbons (Fsp3) is 0.458. The van der Waals surface area contributed by atoms with Gasteiger partial charge in [0.05, 0.1) is 7.11 Å². The van der Waals surface area contributed by atoms with Gasteiger partial charge in [-0.2, -0.15) is 4.98 Å². The second-order valence-electron chi connectivity index (χ2n) is 8.00. The van der Waals surface area contributed by atoms with Crippen LogP contribution in [0.25, 0.3) is 22.8 Å². The average molecular weight is 423 g/mol. The Morgan fingerprint density at radius 3 is 2.61 bits per heavy atom. The van der Waals surface area contributed by atoms with E-state index in [1.807, 2.05) is 19.1 Å². The molecule has 1 aliphatic rings. The van der Waals surface area contributed by atoms with Gasteiger partial charge in [0.15, 0.2) is 0 Å². The smallest absolute Gasteiger partial charge is 0.258 e. The molecule has 0 atom stereocenters. The van der Waals surface area contributed by atoms with Crippen LogP contribution in [-0.2, 0) is 6.42 Å². The predicted octanol–water partition coefficient (Wildman–Crippen LogP) is 4.67. The van der Waals surface area contributed by atoms with Crippen molar-refractivity contribution in [3.8, 4) is 34.5 Å². The van der Waals surface area contributed by atoms with Crippen molar-refractivity contribution in [3.05, 3.63) is 41.1 Å². The van der Waals surface area contributed by atoms with E-state index in [9.17, 15) is 0 Å². The molecule has 0 saturated heterocycles. The van der Waals surface area contributed by atoms with E-state index < -0.39 is 0 Å². The zero-order valence-corrected chi connectivity index (χ0v) is 18.5. The number of aryl methyl sites for hydroxylation is 2. The van der Waals surface area contributed by atoms with E-state index in [0.717, 1.165) is 53.0 Å². The molecule has 7 heteroatoms. The summed E-state index contributed by atoms with van der Waals surface area (Å²) < 4.78 is 16.9. The minimum atomic E-state index is 0.465. The molecule has 164 valence electrons. The number of rotatable bonds is 8. The summed E-state index contributed by atoms with van der Waals surface area (Å²) in [7, 11) is 1.63. The molecule has 4 rings (SSSR count). The third kappa shape index (κ3) is 4.56. The lowest BCUT2D eigenvalue weighted by molar-refractivity contribution is 0.323. The SMILES string of the molecule is CCc1cc(-c2noc(-c3cc(OC)nc(C4CCCC4)c3)n2)cc(C)c1OCCN. The van der Waals surface area contributed by atoms with Gasteiger partial charge < -0.3 is 19.7 Å². The third-order valence-electron chi connectivity index (χ3n) is 5.83. The molecule has 0 aliphatic heterocycles. The summed E-state index contributed by atoms with van der Waals surface area (Å²) in [6.45, 7) is 5.10. The molecule has 3 aromatic rings. The molecule has 0 bridgehead atoms. The van der Waals surface area contributed by atoms with Gasteiger partial charge in [0.1, 0.15) is 12.4 Å². The minimum Gasteiger partial charge on any atom is -0.492 e. The van der Waals surface area contributed by atoms with E-state index in [4.69, 9.17) is 19.7 Å². The number of methoxy groups -OCH3 is 1. The second kappa shape index (κ2) is 9.47. The van der Waals surface area contributed by atoms with E-state index in [0.29, 0.717) is 36.7 Å². The van der Waals surface area contributed by atoms with Crippen LogP contribution >= 0.6 is 0 Å². The highest BCUT2D eigenvalue weighted by atomic mass is 16.5. The first-order valence-electron chi connectivity index (χ1n) is 11.0. The summed E-state index contributed by atoms with van der Waals surface area (Å²) in [5.74, 6) is 2.95. The predicted molar refractivity (Wildman–Crippen MR) is 119 cm³/mol. The van der Waals surface area contributed by atoms with Gasteiger partial charge in [0.25, 0.3) is 5.89 Å². The van der Waals surface area contributed by atoms with Crippen LogP contribution in [0.5, 0.6) is 11.6 Å². The van der Waals surface area contributed by atoms with Gasteiger partial charge in [-0.3, -0.25) is 0 Å². The molecule has 0 spiro atoms. The number of nitrogens with zero attached hydrogens (tertiary/aromatic N) is 3. The van der Waals surface area contributed by atoms with Crippen LogP contribution in [0.15, 0.2) is 28.8 Å². The Morgan fingerprint density at radius 2 is 1.90 bits per heavy atom. The minimum absolute atomic E-state index is 0.465. The molecule has 7 nitrogen and oxygen atoms in total. The average Bonchev–Trinajstić information content (AvgIpc) is 3.50. The lowest BCUT2D eigenvalue weighted by Gasteiger charge is -2.14. The van der Waals surface area contributed by atoms with Gasteiger partial charge in [-0.1, -0.05) is 24.9 Å². The maximum atomic E-state index is 5.85. The molecule has 1 aliphatic carbocycles. The molecular weight excluding hydrogens is 392 g/mol. The molecule has 0 amide bonds. The van der Waals surface area contributed by atoms with Crippen LogP contribution in [0.4, 0.5) is 0 Å². The highest BCUT2D eigenvalue weighted by Crippen LogP contribution is 2.36. The molecule has 1 saturated carbocycles. The van der Waals surface area contributed by atoms with E-state index in [-0.39, 0.29) is 0 Å². The topological polar surface area (TPSA) is 96.3 Å². The Hall–Kier alpha value is -2.93. The van der Waals surface area contributed by atoms with E-state index in [1.165, 1.54) is 12.8 Å².